The first-order valence-corrected chi connectivity index (χ1v) is 12.7. The molecular formula is C26H25B2Cl2FN4O4. The van der Waals surface area contributed by atoms with Crippen LogP contribution in [0.2, 0.25) is 10.0 Å². The van der Waals surface area contributed by atoms with Crippen molar-refractivity contribution in [2.24, 2.45) is 0 Å². The van der Waals surface area contributed by atoms with Gasteiger partial charge < -0.3 is 9.84 Å². The first-order chi connectivity index (χ1) is 18.1. The lowest BCUT2D eigenvalue weighted by Crippen LogP contribution is -2.37. The van der Waals surface area contributed by atoms with Gasteiger partial charge in [-0.15, -0.1) is 0 Å². The third-order valence-corrected chi connectivity index (χ3v) is 6.75. The number of aliphatic hydroxyl groups is 1. The van der Waals surface area contributed by atoms with Crippen molar-refractivity contribution in [2.45, 2.75) is 38.7 Å². The van der Waals surface area contributed by atoms with Crippen molar-refractivity contribution in [3.8, 4) is 17.3 Å². The fourth-order valence-corrected chi connectivity index (χ4v) is 4.57. The second kappa shape index (κ2) is 10.3. The molecule has 13 heteroatoms. The van der Waals surface area contributed by atoms with Gasteiger partial charge in [0.25, 0.3) is 11.1 Å². The maximum atomic E-state index is 14.6. The van der Waals surface area contributed by atoms with E-state index in [1.54, 1.807) is 53.8 Å². The van der Waals surface area contributed by atoms with Gasteiger partial charge in [-0.2, -0.15) is 0 Å². The molecule has 0 bridgehead atoms. The first kappa shape index (κ1) is 28.6. The molecular weight excluding hydrogens is 544 g/mol. The Kier molecular flexibility index (Phi) is 7.55. The molecule has 0 unspecified atom stereocenters. The number of nitrogens with zero attached hydrogens (tertiary/aromatic N) is 4. The molecule has 0 radical (unpaired) electrons. The molecule has 39 heavy (non-hydrogen) atoms. The monoisotopic (exact) mass is 568 g/mol. The molecule has 0 aromatic carbocycles. The van der Waals surface area contributed by atoms with Gasteiger partial charge in [-0.25, -0.2) is 9.37 Å². The zero-order valence-electron chi connectivity index (χ0n) is 22.2. The summed E-state index contributed by atoms with van der Waals surface area (Å²) in [7, 11) is 3.20. The van der Waals surface area contributed by atoms with Crippen LogP contribution in [0.5, 0.6) is 5.75 Å². The number of halogens is 3. The quantitative estimate of drug-likeness (QED) is 0.359. The van der Waals surface area contributed by atoms with Crippen molar-refractivity contribution in [1.82, 2.24) is 19.1 Å². The van der Waals surface area contributed by atoms with Gasteiger partial charge in [0.2, 0.25) is 0 Å². The summed E-state index contributed by atoms with van der Waals surface area (Å²) in [4.78, 5) is 35.0. The Morgan fingerprint density at radius 1 is 1.05 bits per heavy atom. The molecule has 0 saturated heterocycles. The molecule has 0 aliphatic rings. The van der Waals surface area contributed by atoms with Gasteiger partial charge in [0, 0.05) is 42.0 Å². The summed E-state index contributed by atoms with van der Waals surface area (Å²) in [6, 6.07) is 7.48. The van der Waals surface area contributed by atoms with Gasteiger partial charge in [-0.3, -0.25) is 23.7 Å². The molecule has 0 atom stereocenters. The topological polar surface area (TPSA) is 99.2 Å². The number of hydrogen-bond acceptors (Lipinski definition) is 6. The minimum Gasteiger partial charge on any atom is -0.498 e. The van der Waals surface area contributed by atoms with Crippen LogP contribution in [-0.4, -0.2) is 39.9 Å². The average molecular weight is 569 g/mol. The zero-order chi connectivity index (χ0) is 28.9. The van der Waals surface area contributed by atoms with E-state index >= 15 is 0 Å². The van der Waals surface area contributed by atoms with E-state index in [2.05, 4.69) is 9.97 Å². The van der Waals surface area contributed by atoms with E-state index in [1.807, 2.05) is 0 Å². The second-order valence-electron chi connectivity index (χ2n) is 10.2. The summed E-state index contributed by atoms with van der Waals surface area (Å²) in [5, 5.41) is 9.03. The normalized spacial score (nSPS) is 12.0. The predicted molar refractivity (Wildman–Crippen MR) is 154 cm³/mol. The van der Waals surface area contributed by atoms with Crippen LogP contribution in [-0.2, 0) is 11.0 Å². The van der Waals surface area contributed by atoms with Gasteiger partial charge >= 0.3 is 0 Å². The zero-order valence-corrected chi connectivity index (χ0v) is 23.7. The SMILES string of the molecule is BC(B)(Oc1cc(C)n(-c2cc(-n3cccc(C(C)(C)O)c3=O)ncc2C)c(=O)c1Cl)c1ncc(Cl)cc1F. The summed E-state index contributed by atoms with van der Waals surface area (Å²) >= 11 is 12.3. The van der Waals surface area contributed by atoms with E-state index < -0.39 is 27.9 Å². The van der Waals surface area contributed by atoms with Gasteiger partial charge in [0.15, 0.2) is 15.7 Å². The van der Waals surface area contributed by atoms with Crippen LogP contribution >= 0.6 is 23.2 Å². The Morgan fingerprint density at radius 3 is 2.38 bits per heavy atom. The lowest BCUT2D eigenvalue weighted by molar-refractivity contribution is 0.0767. The molecule has 0 saturated carbocycles. The highest BCUT2D eigenvalue weighted by molar-refractivity contribution is 6.39. The molecule has 0 aliphatic heterocycles. The first-order valence-electron chi connectivity index (χ1n) is 12.0. The van der Waals surface area contributed by atoms with Crippen molar-refractivity contribution < 1.29 is 14.2 Å². The molecule has 4 heterocycles. The number of pyridine rings is 4. The van der Waals surface area contributed by atoms with E-state index in [1.165, 1.54) is 41.6 Å². The molecule has 4 aromatic heterocycles. The van der Waals surface area contributed by atoms with Crippen molar-refractivity contribution in [3.63, 3.8) is 0 Å². The van der Waals surface area contributed by atoms with E-state index in [0.717, 1.165) is 6.07 Å². The summed E-state index contributed by atoms with van der Waals surface area (Å²) in [5.74, 6) is -0.352. The highest BCUT2D eigenvalue weighted by atomic mass is 35.5. The Bertz CT molecular complexity index is 1720. The number of ether oxygens (including phenoxy) is 1. The molecule has 4 rings (SSSR count). The number of rotatable bonds is 6. The third-order valence-electron chi connectivity index (χ3n) is 6.20. The smallest absolute Gasteiger partial charge is 0.277 e. The van der Waals surface area contributed by atoms with Crippen molar-refractivity contribution in [1.29, 1.82) is 0 Å². The fraction of sp³-hybridized carbons (Fsp3) is 0.231. The van der Waals surface area contributed by atoms with Crippen molar-refractivity contribution in [2.75, 3.05) is 0 Å². The number of aromatic nitrogens is 4. The summed E-state index contributed by atoms with van der Waals surface area (Å²) in [6.45, 7) is 6.51. The molecule has 0 aliphatic carbocycles. The summed E-state index contributed by atoms with van der Waals surface area (Å²) in [5.41, 5.74) is -0.623. The molecule has 0 fully saturated rings. The minimum absolute atomic E-state index is 0.00172. The maximum Gasteiger partial charge on any atom is 0.277 e. The number of hydrogen-bond donors (Lipinski definition) is 1. The third kappa shape index (κ3) is 5.52. The van der Waals surface area contributed by atoms with E-state index in [0.29, 0.717) is 16.9 Å². The van der Waals surface area contributed by atoms with Gasteiger partial charge in [-0.1, -0.05) is 23.2 Å². The van der Waals surface area contributed by atoms with Gasteiger partial charge in [0.05, 0.1) is 21.7 Å². The standard InChI is InChI=1S/C26H25B2Cl2FN4O4/c1-13-11-32-20(34-7-5-6-16(23(34)36)25(3,4)38)10-18(13)35-14(2)8-19(21(30)24(35)37)39-26(27,28)22-17(31)9-15(29)12-33-22/h5-12,38H,27-28H2,1-4H3. The minimum atomic E-state index is -1.36. The fourth-order valence-electron chi connectivity index (χ4n) is 4.25. The Hall–Kier alpha value is -3.40. The molecule has 0 amide bonds. The van der Waals surface area contributed by atoms with Crippen LogP contribution in [0.1, 0.15) is 36.4 Å². The molecule has 4 aromatic rings. The van der Waals surface area contributed by atoms with E-state index in [-0.39, 0.29) is 32.9 Å². The van der Waals surface area contributed by atoms with Crippen LogP contribution in [0.4, 0.5) is 4.39 Å². The van der Waals surface area contributed by atoms with E-state index in [9.17, 15) is 19.1 Å². The van der Waals surface area contributed by atoms with Crippen molar-refractivity contribution in [3.05, 3.63) is 108 Å². The number of aryl methyl sites for hydroxylation is 2. The lowest BCUT2D eigenvalue weighted by Gasteiger charge is -2.28. The van der Waals surface area contributed by atoms with Gasteiger partial charge in [-0.05, 0) is 51.5 Å². The Morgan fingerprint density at radius 2 is 1.74 bits per heavy atom. The maximum absolute atomic E-state index is 14.6. The van der Waals surface area contributed by atoms with Crippen LogP contribution < -0.4 is 15.9 Å². The van der Waals surface area contributed by atoms with Crippen molar-refractivity contribution >= 4 is 38.9 Å². The second-order valence-corrected chi connectivity index (χ2v) is 11.0. The highest BCUT2D eigenvalue weighted by Gasteiger charge is 2.30. The largest absolute Gasteiger partial charge is 0.498 e. The predicted octanol–water partition coefficient (Wildman–Crippen LogP) is 2.52. The van der Waals surface area contributed by atoms with Gasteiger partial charge in [0.1, 0.15) is 28.1 Å². The molecule has 8 nitrogen and oxygen atoms in total. The molecule has 0 spiro atoms. The Labute approximate surface area is 235 Å². The summed E-state index contributed by atoms with van der Waals surface area (Å²) in [6.07, 6.45) is 4.38. The molecule has 200 valence electrons. The Balaban J connectivity index is 1.81. The van der Waals surface area contributed by atoms with Crippen LogP contribution in [0.15, 0.2) is 58.5 Å². The summed E-state index contributed by atoms with van der Waals surface area (Å²) < 4.78 is 23.2. The van der Waals surface area contributed by atoms with E-state index in [4.69, 9.17) is 27.9 Å². The van der Waals surface area contributed by atoms with Crippen LogP contribution in [0.25, 0.3) is 11.5 Å². The average Bonchev–Trinajstić information content (AvgIpc) is 2.82. The molecule has 1 N–H and O–H groups in total. The highest BCUT2D eigenvalue weighted by Crippen LogP contribution is 2.31. The lowest BCUT2D eigenvalue weighted by atomic mass is 9.62. The van der Waals surface area contributed by atoms with Crippen LogP contribution in [0, 0.1) is 19.7 Å². The van der Waals surface area contributed by atoms with Crippen LogP contribution in [0.3, 0.4) is 0 Å².